The van der Waals surface area contributed by atoms with Gasteiger partial charge in [-0.3, -0.25) is 19.8 Å². The second-order valence-corrected chi connectivity index (χ2v) is 5.65. The summed E-state index contributed by atoms with van der Waals surface area (Å²) in [4.78, 5) is 35.4. The van der Waals surface area contributed by atoms with Crippen LogP contribution in [0.1, 0.15) is 33.6 Å². The van der Waals surface area contributed by atoms with Crippen molar-refractivity contribution in [1.82, 2.24) is 10.2 Å². The second kappa shape index (κ2) is 5.90. The minimum Gasteiger partial charge on any atom is -0.444 e. The molecule has 1 aliphatic heterocycles. The summed E-state index contributed by atoms with van der Waals surface area (Å²) in [5.41, 5.74) is -0.789. The van der Waals surface area contributed by atoms with Gasteiger partial charge in [0, 0.05) is 6.54 Å². The fourth-order valence-corrected chi connectivity index (χ4v) is 1.84. The van der Waals surface area contributed by atoms with Crippen LogP contribution in [0.4, 0.5) is 18.0 Å². The van der Waals surface area contributed by atoms with E-state index >= 15 is 0 Å². The number of likely N-dealkylation sites (tertiary alicyclic amines) is 1. The topological polar surface area (TPSA) is 75.7 Å². The first-order valence-corrected chi connectivity index (χ1v) is 6.33. The van der Waals surface area contributed by atoms with Crippen molar-refractivity contribution in [2.24, 2.45) is 0 Å². The Morgan fingerprint density at radius 2 is 1.76 bits per heavy atom. The summed E-state index contributed by atoms with van der Waals surface area (Å²) in [5.74, 6) is -3.50. The lowest BCUT2D eigenvalue weighted by Crippen LogP contribution is -2.51. The lowest BCUT2D eigenvalue weighted by atomic mass is 10.2. The van der Waals surface area contributed by atoms with Gasteiger partial charge in [-0.15, -0.1) is 0 Å². The summed E-state index contributed by atoms with van der Waals surface area (Å²) in [6.45, 7) is 5.07. The second-order valence-electron chi connectivity index (χ2n) is 5.65. The van der Waals surface area contributed by atoms with Crippen molar-refractivity contribution in [3.05, 3.63) is 0 Å². The summed E-state index contributed by atoms with van der Waals surface area (Å²) >= 11 is 0. The minimum absolute atomic E-state index is 0.177. The van der Waals surface area contributed by atoms with E-state index in [1.807, 2.05) is 0 Å². The molecule has 0 bridgehead atoms. The van der Waals surface area contributed by atoms with Gasteiger partial charge >= 0.3 is 18.2 Å². The Kier molecular flexibility index (Phi) is 4.85. The number of rotatable bonds is 1. The number of alkyl halides is 3. The number of hydrogen-bond donors (Lipinski definition) is 1. The molecule has 1 N–H and O–H groups in total. The molecule has 0 aromatic carbocycles. The van der Waals surface area contributed by atoms with Gasteiger partial charge in [-0.2, -0.15) is 13.2 Å². The number of amides is 3. The zero-order valence-electron chi connectivity index (χ0n) is 11.9. The van der Waals surface area contributed by atoms with Crippen molar-refractivity contribution in [2.45, 2.75) is 51.4 Å². The van der Waals surface area contributed by atoms with E-state index in [1.165, 1.54) is 5.32 Å². The van der Waals surface area contributed by atoms with Gasteiger partial charge in [0.25, 0.3) is 0 Å². The van der Waals surface area contributed by atoms with Crippen LogP contribution in [0, 0.1) is 0 Å². The Morgan fingerprint density at radius 3 is 2.24 bits per heavy atom. The molecule has 120 valence electrons. The number of nitrogens with zero attached hydrogens (tertiary/aromatic N) is 1. The molecule has 9 heteroatoms. The van der Waals surface area contributed by atoms with Crippen LogP contribution in [0.15, 0.2) is 0 Å². The predicted octanol–water partition coefficient (Wildman–Crippen LogP) is 1.59. The summed E-state index contributed by atoms with van der Waals surface area (Å²) in [5, 5.41) is 1.26. The van der Waals surface area contributed by atoms with Crippen LogP contribution < -0.4 is 5.32 Å². The molecular formula is C12H17F3N2O4. The molecule has 0 aromatic heterocycles. The molecule has 0 aliphatic carbocycles. The van der Waals surface area contributed by atoms with Crippen LogP contribution in [0.3, 0.4) is 0 Å². The van der Waals surface area contributed by atoms with E-state index < -0.39 is 35.7 Å². The highest BCUT2D eigenvalue weighted by atomic mass is 19.4. The van der Waals surface area contributed by atoms with Gasteiger partial charge in [0.05, 0.1) is 0 Å². The average Bonchev–Trinajstić information content (AvgIpc) is 2.73. The van der Waals surface area contributed by atoms with Crippen molar-refractivity contribution < 1.29 is 32.3 Å². The van der Waals surface area contributed by atoms with Crippen molar-refractivity contribution in [3.63, 3.8) is 0 Å². The smallest absolute Gasteiger partial charge is 0.444 e. The molecule has 1 aliphatic rings. The third kappa shape index (κ3) is 4.91. The van der Waals surface area contributed by atoms with Crippen LogP contribution in [0.25, 0.3) is 0 Å². The molecule has 3 amide bonds. The third-order valence-corrected chi connectivity index (χ3v) is 2.68. The number of imide groups is 1. The highest BCUT2D eigenvalue weighted by Crippen LogP contribution is 2.21. The largest absolute Gasteiger partial charge is 0.471 e. The Balaban J connectivity index is 2.71. The van der Waals surface area contributed by atoms with Crippen LogP contribution in [0.5, 0.6) is 0 Å². The SMILES string of the molecule is CC(C)(C)OC(=O)N1CCCC1C(=O)NC(=O)C(F)(F)F. The Hall–Kier alpha value is -1.80. The first kappa shape index (κ1) is 17.3. The van der Waals surface area contributed by atoms with E-state index in [1.54, 1.807) is 20.8 Å². The molecule has 0 saturated carbocycles. The number of nitrogens with one attached hydrogen (secondary N) is 1. The van der Waals surface area contributed by atoms with Crippen molar-refractivity contribution in [1.29, 1.82) is 0 Å². The molecule has 1 atom stereocenters. The molecule has 1 unspecified atom stereocenters. The predicted molar refractivity (Wildman–Crippen MR) is 65.2 cm³/mol. The maximum absolute atomic E-state index is 12.1. The van der Waals surface area contributed by atoms with Crippen LogP contribution in [0.2, 0.25) is 0 Å². The Bertz CT molecular complexity index is 443. The molecule has 0 aromatic rings. The summed E-state index contributed by atoms with van der Waals surface area (Å²) < 4.78 is 41.4. The summed E-state index contributed by atoms with van der Waals surface area (Å²) in [6, 6.07) is -1.13. The molecule has 21 heavy (non-hydrogen) atoms. The van der Waals surface area contributed by atoms with Crippen molar-refractivity contribution in [3.8, 4) is 0 Å². The van der Waals surface area contributed by atoms with Gasteiger partial charge in [0.15, 0.2) is 0 Å². The van der Waals surface area contributed by atoms with E-state index in [0.29, 0.717) is 6.42 Å². The minimum atomic E-state index is -5.15. The lowest BCUT2D eigenvalue weighted by molar-refractivity contribution is -0.175. The molecule has 1 fully saturated rings. The normalized spacial score (nSPS) is 19.3. The molecule has 0 radical (unpaired) electrons. The van der Waals surface area contributed by atoms with Crippen molar-refractivity contribution >= 4 is 17.9 Å². The van der Waals surface area contributed by atoms with Gasteiger partial charge in [0.1, 0.15) is 11.6 Å². The molecule has 1 heterocycles. The van der Waals surface area contributed by atoms with E-state index in [-0.39, 0.29) is 13.0 Å². The van der Waals surface area contributed by atoms with Gasteiger partial charge in [-0.1, -0.05) is 0 Å². The molecular weight excluding hydrogens is 293 g/mol. The van der Waals surface area contributed by atoms with Gasteiger partial charge < -0.3 is 4.74 Å². The van der Waals surface area contributed by atoms with Crippen LogP contribution in [-0.2, 0) is 14.3 Å². The number of halogens is 3. The fraction of sp³-hybridized carbons (Fsp3) is 0.750. The van der Waals surface area contributed by atoms with Crippen molar-refractivity contribution in [2.75, 3.05) is 6.54 Å². The van der Waals surface area contributed by atoms with E-state index in [9.17, 15) is 27.6 Å². The summed E-state index contributed by atoms with van der Waals surface area (Å²) in [6.07, 6.45) is -5.32. The lowest BCUT2D eigenvalue weighted by Gasteiger charge is -2.27. The van der Waals surface area contributed by atoms with Crippen LogP contribution >= 0.6 is 0 Å². The third-order valence-electron chi connectivity index (χ3n) is 2.68. The molecule has 6 nitrogen and oxygen atoms in total. The number of carbonyl (C=O) groups excluding carboxylic acids is 3. The Labute approximate surface area is 119 Å². The van der Waals surface area contributed by atoms with Gasteiger partial charge in [-0.25, -0.2) is 4.79 Å². The fourth-order valence-electron chi connectivity index (χ4n) is 1.84. The maximum atomic E-state index is 12.1. The quantitative estimate of drug-likeness (QED) is 0.798. The van der Waals surface area contributed by atoms with Crippen LogP contribution in [-0.4, -0.2) is 47.2 Å². The van der Waals surface area contributed by atoms with Gasteiger partial charge in [-0.05, 0) is 33.6 Å². The first-order valence-electron chi connectivity index (χ1n) is 6.33. The van der Waals surface area contributed by atoms with Gasteiger partial charge in [0.2, 0.25) is 5.91 Å². The van der Waals surface area contributed by atoms with E-state index in [4.69, 9.17) is 4.74 Å². The summed E-state index contributed by atoms with van der Waals surface area (Å²) in [7, 11) is 0. The zero-order valence-corrected chi connectivity index (χ0v) is 11.9. The molecule has 0 spiro atoms. The highest BCUT2D eigenvalue weighted by molar-refractivity contribution is 6.01. The number of carbonyl (C=O) groups is 3. The van der Waals surface area contributed by atoms with E-state index in [0.717, 1.165) is 4.90 Å². The maximum Gasteiger partial charge on any atom is 0.471 e. The zero-order chi connectivity index (χ0) is 16.4. The molecule has 1 saturated heterocycles. The highest BCUT2D eigenvalue weighted by Gasteiger charge is 2.43. The number of hydrogen-bond acceptors (Lipinski definition) is 4. The Morgan fingerprint density at radius 1 is 1.19 bits per heavy atom. The first-order chi connectivity index (χ1) is 9.42. The van der Waals surface area contributed by atoms with E-state index in [2.05, 4.69) is 0 Å². The monoisotopic (exact) mass is 310 g/mol. The average molecular weight is 310 g/mol. The standard InChI is InChI=1S/C12H17F3N2O4/c1-11(2,3)21-10(20)17-6-4-5-7(17)8(18)16-9(19)12(13,14)15/h7H,4-6H2,1-3H3,(H,16,18,19). The number of ether oxygens (including phenoxy) is 1. The molecule has 1 rings (SSSR count).